The third-order valence-electron chi connectivity index (χ3n) is 3.51. The Labute approximate surface area is 141 Å². The van der Waals surface area contributed by atoms with Crippen molar-refractivity contribution in [1.82, 2.24) is 4.90 Å². The fourth-order valence-corrected chi connectivity index (χ4v) is 3.16. The quantitative estimate of drug-likeness (QED) is 0.668. The first-order valence-electron chi connectivity index (χ1n) is 7.89. The summed E-state index contributed by atoms with van der Waals surface area (Å²) in [5.41, 5.74) is 0.926. The lowest BCUT2D eigenvalue weighted by Crippen LogP contribution is -2.35. The van der Waals surface area contributed by atoms with Crippen molar-refractivity contribution < 1.29 is 9.18 Å². The minimum Gasteiger partial charge on any atom is -0.342 e. The average molecular weight is 331 g/mol. The molecule has 0 atom stereocenters. The Hall–Kier alpha value is -1.81. The van der Waals surface area contributed by atoms with Crippen LogP contribution in [-0.2, 0) is 11.2 Å². The molecule has 0 aliphatic heterocycles. The Balaban J connectivity index is 1.87. The smallest absolute Gasteiger partial charge is 0.232 e. The monoisotopic (exact) mass is 331 g/mol. The van der Waals surface area contributed by atoms with Crippen LogP contribution in [0.1, 0.15) is 18.9 Å². The Morgan fingerprint density at radius 3 is 2.57 bits per heavy atom. The lowest BCUT2D eigenvalue weighted by molar-refractivity contribution is -0.128. The second-order valence-corrected chi connectivity index (χ2v) is 6.41. The van der Waals surface area contributed by atoms with Crippen LogP contribution < -0.4 is 0 Å². The fourth-order valence-electron chi connectivity index (χ4n) is 2.34. The number of nitrogens with zero attached hydrogens (tertiary/aromatic N) is 1. The molecule has 1 amide bonds. The van der Waals surface area contributed by atoms with Gasteiger partial charge in [-0.05, 0) is 42.7 Å². The predicted molar refractivity (Wildman–Crippen MR) is 94.1 cm³/mol. The molecule has 0 heterocycles. The van der Waals surface area contributed by atoms with Crippen LogP contribution in [0.15, 0.2) is 59.5 Å². The van der Waals surface area contributed by atoms with Gasteiger partial charge in [0, 0.05) is 18.0 Å². The van der Waals surface area contributed by atoms with Crippen LogP contribution in [0.2, 0.25) is 0 Å². The van der Waals surface area contributed by atoms with Crippen LogP contribution >= 0.6 is 11.8 Å². The highest BCUT2D eigenvalue weighted by atomic mass is 32.2. The van der Waals surface area contributed by atoms with Crippen LogP contribution in [0.25, 0.3) is 0 Å². The van der Waals surface area contributed by atoms with Gasteiger partial charge in [-0.2, -0.15) is 0 Å². The molecule has 2 aromatic rings. The number of carbonyl (C=O) groups excluding carboxylic acids is 1. The van der Waals surface area contributed by atoms with E-state index in [1.807, 2.05) is 41.3 Å². The van der Waals surface area contributed by atoms with Gasteiger partial charge in [-0.25, -0.2) is 4.39 Å². The molecule has 23 heavy (non-hydrogen) atoms. The van der Waals surface area contributed by atoms with Crippen LogP contribution in [0, 0.1) is 5.82 Å². The summed E-state index contributed by atoms with van der Waals surface area (Å²) in [5, 5.41) is 0. The first-order valence-corrected chi connectivity index (χ1v) is 8.87. The van der Waals surface area contributed by atoms with Crippen molar-refractivity contribution in [2.24, 2.45) is 0 Å². The first kappa shape index (κ1) is 17.5. The Morgan fingerprint density at radius 2 is 1.87 bits per heavy atom. The molecule has 0 radical (unpaired) electrons. The number of hydrogen-bond donors (Lipinski definition) is 0. The number of carbonyl (C=O) groups is 1. The van der Waals surface area contributed by atoms with E-state index in [9.17, 15) is 9.18 Å². The molecule has 0 fully saturated rings. The zero-order valence-corrected chi connectivity index (χ0v) is 14.2. The number of rotatable bonds is 8. The maximum Gasteiger partial charge on any atom is 0.232 e. The summed E-state index contributed by atoms with van der Waals surface area (Å²) in [7, 11) is 0. The van der Waals surface area contributed by atoms with Crippen molar-refractivity contribution in [3.05, 3.63) is 66.0 Å². The summed E-state index contributed by atoms with van der Waals surface area (Å²) in [6.07, 6.45) is 1.60. The normalized spacial score (nSPS) is 10.5. The van der Waals surface area contributed by atoms with Gasteiger partial charge in [0.2, 0.25) is 5.91 Å². The summed E-state index contributed by atoms with van der Waals surface area (Å²) in [5.74, 6) is 0.347. The Bertz CT molecular complexity index is 618. The fraction of sp³-hybridized carbons (Fsp3) is 0.316. The van der Waals surface area contributed by atoms with E-state index < -0.39 is 0 Å². The summed E-state index contributed by atoms with van der Waals surface area (Å²) < 4.78 is 13.2. The van der Waals surface area contributed by atoms with Gasteiger partial charge >= 0.3 is 0 Å². The predicted octanol–water partition coefficient (Wildman–Crippen LogP) is 4.40. The highest BCUT2D eigenvalue weighted by Gasteiger charge is 2.13. The van der Waals surface area contributed by atoms with Gasteiger partial charge in [-0.3, -0.25) is 4.79 Å². The SMILES string of the molecule is CCCN(CCc1cccc(F)c1)C(=O)CSc1ccccc1. The van der Waals surface area contributed by atoms with Gasteiger partial charge in [0.25, 0.3) is 0 Å². The molecule has 0 N–H and O–H groups in total. The number of hydrogen-bond acceptors (Lipinski definition) is 2. The van der Waals surface area contributed by atoms with Crippen LogP contribution in [0.5, 0.6) is 0 Å². The zero-order valence-electron chi connectivity index (χ0n) is 13.4. The van der Waals surface area contributed by atoms with Crippen molar-refractivity contribution in [1.29, 1.82) is 0 Å². The molecule has 0 spiro atoms. The Kier molecular flexibility index (Phi) is 7.14. The van der Waals surface area contributed by atoms with Gasteiger partial charge in [-0.1, -0.05) is 37.3 Å². The molecule has 0 unspecified atom stereocenters. The highest BCUT2D eigenvalue weighted by molar-refractivity contribution is 8.00. The van der Waals surface area contributed by atoms with Crippen molar-refractivity contribution >= 4 is 17.7 Å². The lowest BCUT2D eigenvalue weighted by atomic mass is 10.1. The van der Waals surface area contributed by atoms with Crippen LogP contribution in [-0.4, -0.2) is 29.6 Å². The molecule has 0 saturated carbocycles. The third-order valence-corrected chi connectivity index (χ3v) is 4.51. The average Bonchev–Trinajstić information content (AvgIpc) is 2.57. The standard InChI is InChI=1S/C19H22FNOS/c1-2-12-21(13-11-16-7-6-8-17(20)14-16)19(22)15-23-18-9-4-3-5-10-18/h3-10,14H,2,11-13,15H2,1H3. The second-order valence-electron chi connectivity index (χ2n) is 5.36. The Morgan fingerprint density at radius 1 is 1.09 bits per heavy atom. The molecule has 122 valence electrons. The molecule has 0 aliphatic rings. The van der Waals surface area contributed by atoms with Gasteiger partial charge in [0.1, 0.15) is 5.82 Å². The largest absolute Gasteiger partial charge is 0.342 e. The summed E-state index contributed by atoms with van der Waals surface area (Å²) in [6.45, 7) is 3.43. The lowest BCUT2D eigenvalue weighted by Gasteiger charge is -2.22. The molecule has 2 aromatic carbocycles. The van der Waals surface area contributed by atoms with Gasteiger partial charge in [0.15, 0.2) is 0 Å². The van der Waals surface area contributed by atoms with E-state index in [1.54, 1.807) is 17.8 Å². The van der Waals surface area contributed by atoms with Crippen LogP contribution in [0.3, 0.4) is 0 Å². The molecule has 2 rings (SSSR count). The molecular formula is C19H22FNOS. The maximum absolute atomic E-state index is 13.2. The molecule has 4 heteroatoms. The minimum atomic E-state index is -0.226. The van der Waals surface area contributed by atoms with E-state index in [-0.39, 0.29) is 11.7 Å². The van der Waals surface area contributed by atoms with Gasteiger partial charge in [-0.15, -0.1) is 11.8 Å². The van der Waals surface area contributed by atoms with E-state index >= 15 is 0 Å². The van der Waals surface area contributed by atoms with Crippen molar-refractivity contribution in [2.45, 2.75) is 24.7 Å². The van der Waals surface area contributed by atoms with Crippen molar-refractivity contribution in [2.75, 3.05) is 18.8 Å². The number of benzene rings is 2. The van der Waals surface area contributed by atoms with Gasteiger partial charge in [0.05, 0.1) is 5.75 Å². The third kappa shape index (κ3) is 6.06. The second kappa shape index (κ2) is 9.36. The molecule has 0 aromatic heterocycles. The van der Waals surface area contributed by atoms with Crippen molar-refractivity contribution in [3.63, 3.8) is 0 Å². The molecule has 2 nitrogen and oxygen atoms in total. The highest BCUT2D eigenvalue weighted by Crippen LogP contribution is 2.17. The molecular weight excluding hydrogens is 309 g/mol. The zero-order chi connectivity index (χ0) is 16.5. The van der Waals surface area contributed by atoms with E-state index in [1.165, 1.54) is 12.1 Å². The number of thioether (sulfide) groups is 1. The number of amides is 1. The molecule has 0 bridgehead atoms. The molecule has 0 saturated heterocycles. The topological polar surface area (TPSA) is 20.3 Å². The molecule has 0 aliphatic carbocycles. The summed E-state index contributed by atoms with van der Waals surface area (Å²) >= 11 is 1.56. The van der Waals surface area contributed by atoms with Crippen molar-refractivity contribution in [3.8, 4) is 0 Å². The van der Waals surface area contributed by atoms with Crippen LogP contribution in [0.4, 0.5) is 4.39 Å². The number of halogens is 1. The summed E-state index contributed by atoms with van der Waals surface area (Å²) in [4.78, 5) is 15.4. The maximum atomic E-state index is 13.2. The summed E-state index contributed by atoms with van der Waals surface area (Å²) in [6, 6.07) is 16.5. The van der Waals surface area contributed by atoms with Gasteiger partial charge < -0.3 is 4.90 Å². The first-order chi connectivity index (χ1) is 11.2. The van der Waals surface area contributed by atoms with E-state index in [2.05, 4.69) is 6.92 Å². The van der Waals surface area contributed by atoms with E-state index in [0.717, 1.165) is 23.4 Å². The van der Waals surface area contributed by atoms with E-state index in [0.29, 0.717) is 18.7 Å². The van der Waals surface area contributed by atoms with E-state index in [4.69, 9.17) is 0 Å². The minimum absolute atomic E-state index is 0.136.